The first-order valence-electron chi connectivity index (χ1n) is 2.74. The standard InChI is InChI=1S/C3H8O.C2H4O2.CH4O.4CH4/c1-3(2)4;1-4-2-3;1-2;;;;/h3-4H,1-2H3;2H,1H3;2H,1H3;4*1H4. The molecule has 0 aromatic carbocycles. The number of carbonyl (C=O) groups excluding carboxylic acids is 1. The van der Waals surface area contributed by atoms with Crippen molar-refractivity contribution in [2.45, 2.75) is 49.7 Å². The maximum Gasteiger partial charge on any atom is 0.292 e. The lowest BCUT2D eigenvalue weighted by molar-refractivity contribution is -0.126. The molecule has 0 radical (unpaired) electrons. The van der Waals surface area contributed by atoms with Crippen molar-refractivity contribution in [1.82, 2.24) is 0 Å². The van der Waals surface area contributed by atoms with E-state index in [4.69, 9.17) is 15.0 Å². The molecule has 0 unspecified atom stereocenters. The molecule has 0 aromatic heterocycles. The van der Waals surface area contributed by atoms with Crippen LogP contribution in [0.5, 0.6) is 0 Å². The summed E-state index contributed by atoms with van der Waals surface area (Å²) in [5.41, 5.74) is 0. The van der Waals surface area contributed by atoms with Crippen LogP contribution in [0.3, 0.4) is 0 Å². The Balaban J connectivity index is -0.00000000957. The van der Waals surface area contributed by atoms with E-state index in [1.807, 2.05) is 0 Å². The molecule has 0 saturated carbocycles. The van der Waals surface area contributed by atoms with Crippen LogP contribution in [0.15, 0.2) is 0 Å². The molecule has 0 saturated heterocycles. The van der Waals surface area contributed by atoms with Gasteiger partial charge in [-0.1, -0.05) is 29.7 Å². The van der Waals surface area contributed by atoms with Crippen molar-refractivity contribution in [2.24, 2.45) is 0 Å². The Kier molecular flexibility index (Phi) is 300. The van der Waals surface area contributed by atoms with Crippen LogP contribution in [0.1, 0.15) is 43.6 Å². The highest BCUT2D eigenvalue weighted by Crippen LogP contribution is 1.65. The average Bonchev–Trinajstić information content (AvgIpc) is 1.91. The molecule has 0 amide bonds. The number of methoxy groups -OCH3 is 1. The molecular weight excluding hydrogens is 184 g/mol. The first-order valence-corrected chi connectivity index (χ1v) is 2.74. The second-order valence-electron chi connectivity index (χ2n) is 1.43. The largest absolute Gasteiger partial charge is 0.471 e. The van der Waals surface area contributed by atoms with Gasteiger partial charge in [0.2, 0.25) is 0 Å². The van der Waals surface area contributed by atoms with Gasteiger partial charge in [0, 0.05) is 13.2 Å². The summed E-state index contributed by atoms with van der Waals surface area (Å²) < 4.78 is 3.86. The highest BCUT2D eigenvalue weighted by atomic mass is 16.5. The Bertz CT molecular complexity index is 44.6. The van der Waals surface area contributed by atoms with Gasteiger partial charge in [-0.2, -0.15) is 0 Å². The minimum atomic E-state index is -0.167. The van der Waals surface area contributed by atoms with Crippen LogP contribution in [0.25, 0.3) is 0 Å². The van der Waals surface area contributed by atoms with Crippen molar-refractivity contribution >= 4 is 6.47 Å². The highest BCUT2D eigenvalue weighted by molar-refractivity contribution is 5.36. The first kappa shape index (κ1) is 50.3. The lowest BCUT2D eigenvalue weighted by atomic mass is 10.5. The average molecular weight is 216 g/mol. The second kappa shape index (κ2) is 83.4. The predicted octanol–water partition coefficient (Wildman–Crippen LogP) is 2.33. The van der Waals surface area contributed by atoms with Crippen molar-refractivity contribution in [3.8, 4) is 0 Å². The molecule has 96 valence electrons. The Morgan fingerprint density at radius 2 is 1.14 bits per heavy atom. The van der Waals surface area contributed by atoms with E-state index in [2.05, 4.69) is 4.74 Å². The number of aliphatic hydroxyl groups excluding tert-OH is 2. The lowest BCUT2D eigenvalue weighted by Gasteiger charge is -1.80. The Labute approximate surface area is 90.9 Å². The van der Waals surface area contributed by atoms with Crippen LogP contribution in [0.4, 0.5) is 0 Å². The summed E-state index contributed by atoms with van der Waals surface area (Å²) in [5.74, 6) is 0. The van der Waals surface area contributed by atoms with Crippen LogP contribution in [-0.4, -0.2) is 37.0 Å². The molecular formula is C10H32O4. The van der Waals surface area contributed by atoms with Gasteiger partial charge in [0.25, 0.3) is 6.47 Å². The van der Waals surface area contributed by atoms with Gasteiger partial charge in [0.15, 0.2) is 0 Å². The third kappa shape index (κ3) is 8080. The fraction of sp³-hybridized carbons (Fsp3) is 0.900. The molecule has 4 heteroatoms. The first-order chi connectivity index (χ1) is 4.65. The van der Waals surface area contributed by atoms with E-state index in [9.17, 15) is 0 Å². The molecule has 0 aliphatic heterocycles. The van der Waals surface area contributed by atoms with Crippen molar-refractivity contribution in [2.75, 3.05) is 14.2 Å². The topological polar surface area (TPSA) is 66.8 Å². The van der Waals surface area contributed by atoms with Crippen molar-refractivity contribution in [3.63, 3.8) is 0 Å². The third-order valence-electron chi connectivity index (χ3n) is 0.0962. The molecule has 0 rings (SSSR count). The molecule has 0 spiro atoms. The summed E-state index contributed by atoms with van der Waals surface area (Å²) in [7, 11) is 2.31. The lowest BCUT2D eigenvalue weighted by Crippen LogP contribution is -1.85. The van der Waals surface area contributed by atoms with Crippen molar-refractivity contribution in [1.29, 1.82) is 0 Å². The summed E-state index contributed by atoms with van der Waals surface area (Å²) >= 11 is 0. The van der Waals surface area contributed by atoms with Crippen molar-refractivity contribution in [3.05, 3.63) is 0 Å². The summed E-state index contributed by atoms with van der Waals surface area (Å²) in [6, 6.07) is 0. The molecule has 14 heavy (non-hydrogen) atoms. The van der Waals surface area contributed by atoms with Gasteiger partial charge in [0.1, 0.15) is 0 Å². The number of rotatable bonds is 1. The maximum atomic E-state index is 8.95. The molecule has 0 aliphatic rings. The molecule has 0 aromatic rings. The van der Waals surface area contributed by atoms with Gasteiger partial charge in [0.05, 0.1) is 7.11 Å². The zero-order chi connectivity index (χ0) is 8.99. The highest BCUT2D eigenvalue weighted by Gasteiger charge is 1.69. The van der Waals surface area contributed by atoms with E-state index >= 15 is 0 Å². The van der Waals surface area contributed by atoms with E-state index in [-0.39, 0.29) is 35.8 Å². The Morgan fingerprint density at radius 1 is 1.07 bits per heavy atom. The summed E-state index contributed by atoms with van der Waals surface area (Å²) in [6.45, 7) is 3.82. The third-order valence-corrected chi connectivity index (χ3v) is 0.0962. The van der Waals surface area contributed by atoms with Gasteiger partial charge >= 0.3 is 0 Å². The maximum absolute atomic E-state index is 8.95. The van der Waals surface area contributed by atoms with Crippen LogP contribution >= 0.6 is 0 Å². The SMILES string of the molecule is C.C.C.C.CC(C)O.CO.COC=O. The Hall–Kier alpha value is -0.610. The molecule has 0 fully saturated rings. The van der Waals surface area contributed by atoms with Crippen LogP contribution in [0.2, 0.25) is 0 Å². The summed E-state index contributed by atoms with van der Waals surface area (Å²) in [5, 5.41) is 15.1. The van der Waals surface area contributed by atoms with Crippen molar-refractivity contribution < 1.29 is 19.7 Å². The summed E-state index contributed by atoms with van der Waals surface area (Å²) in [4.78, 5) is 8.95. The van der Waals surface area contributed by atoms with Gasteiger partial charge in [-0.3, -0.25) is 4.79 Å². The number of ether oxygens (including phenoxy) is 1. The van der Waals surface area contributed by atoms with E-state index in [1.54, 1.807) is 13.8 Å². The zero-order valence-corrected chi connectivity index (χ0v) is 6.87. The number of aliphatic hydroxyl groups is 2. The monoisotopic (exact) mass is 216 g/mol. The van der Waals surface area contributed by atoms with Gasteiger partial charge in [-0.15, -0.1) is 0 Å². The normalized spacial score (nSPS) is 4.50. The van der Waals surface area contributed by atoms with Crippen LogP contribution < -0.4 is 0 Å². The molecule has 2 N–H and O–H groups in total. The quantitative estimate of drug-likeness (QED) is 0.660. The number of carbonyl (C=O) groups is 1. The van der Waals surface area contributed by atoms with E-state index in [0.29, 0.717) is 6.47 Å². The van der Waals surface area contributed by atoms with Crippen LogP contribution in [-0.2, 0) is 9.53 Å². The van der Waals surface area contributed by atoms with Gasteiger partial charge in [-0.05, 0) is 13.8 Å². The van der Waals surface area contributed by atoms with Gasteiger partial charge < -0.3 is 14.9 Å². The summed E-state index contributed by atoms with van der Waals surface area (Å²) in [6.07, 6.45) is -0.167. The fourth-order valence-electron chi connectivity index (χ4n) is 0. The Morgan fingerprint density at radius 3 is 1.14 bits per heavy atom. The number of hydrogen-bond acceptors (Lipinski definition) is 4. The molecule has 4 nitrogen and oxygen atoms in total. The minimum Gasteiger partial charge on any atom is -0.471 e. The molecule has 0 bridgehead atoms. The molecule has 0 aliphatic carbocycles. The number of hydrogen-bond donors (Lipinski definition) is 2. The zero-order valence-electron chi connectivity index (χ0n) is 6.87. The van der Waals surface area contributed by atoms with Crippen LogP contribution in [0, 0.1) is 0 Å². The predicted molar refractivity (Wildman–Crippen MR) is 65.5 cm³/mol. The van der Waals surface area contributed by atoms with E-state index < -0.39 is 0 Å². The van der Waals surface area contributed by atoms with Gasteiger partial charge in [-0.25, -0.2) is 0 Å². The molecule has 0 heterocycles. The smallest absolute Gasteiger partial charge is 0.292 e. The minimum absolute atomic E-state index is 0. The van der Waals surface area contributed by atoms with E-state index in [1.165, 1.54) is 7.11 Å². The molecule has 0 atom stereocenters. The van der Waals surface area contributed by atoms with E-state index in [0.717, 1.165) is 7.11 Å². The fourth-order valence-corrected chi connectivity index (χ4v) is 0. The second-order valence-corrected chi connectivity index (χ2v) is 1.43.